The van der Waals surface area contributed by atoms with E-state index in [2.05, 4.69) is 15.5 Å². The molecule has 0 saturated heterocycles. The lowest BCUT2D eigenvalue weighted by molar-refractivity contribution is -0.125. The van der Waals surface area contributed by atoms with E-state index in [1.807, 2.05) is 0 Å². The minimum atomic E-state index is -0.843. The number of aliphatic hydroxyl groups is 2. The van der Waals surface area contributed by atoms with Crippen LogP contribution in [-0.4, -0.2) is 44.1 Å². The van der Waals surface area contributed by atoms with Gasteiger partial charge in [0.2, 0.25) is 5.91 Å². The molecule has 2 saturated carbocycles. The Hall–Kier alpha value is -1.40. The molecule has 2 aliphatic carbocycles. The zero-order chi connectivity index (χ0) is 12.8. The number of carbonyl (C=O) groups excluding carboxylic acids is 1. The molecule has 2 bridgehead atoms. The van der Waals surface area contributed by atoms with Crippen molar-refractivity contribution in [2.24, 2.45) is 5.92 Å². The summed E-state index contributed by atoms with van der Waals surface area (Å²) in [6.45, 7) is 0. The molecule has 98 valence electrons. The first-order valence-corrected chi connectivity index (χ1v) is 6.25. The fourth-order valence-corrected chi connectivity index (χ4v) is 3.33. The molecule has 1 aromatic rings. The van der Waals surface area contributed by atoms with Crippen molar-refractivity contribution in [3.63, 3.8) is 0 Å². The first-order valence-electron chi connectivity index (χ1n) is 6.25. The molecule has 18 heavy (non-hydrogen) atoms. The average molecular weight is 251 g/mol. The number of nitrogens with zero attached hydrogens (tertiary/aromatic N) is 1. The van der Waals surface area contributed by atoms with Crippen LogP contribution in [0, 0.1) is 5.92 Å². The highest BCUT2D eigenvalue weighted by atomic mass is 16.3. The first-order chi connectivity index (χ1) is 8.61. The summed E-state index contributed by atoms with van der Waals surface area (Å²) in [6, 6.07) is 0. The van der Waals surface area contributed by atoms with Crippen molar-refractivity contribution in [3.8, 4) is 0 Å². The zero-order valence-corrected chi connectivity index (χ0v) is 9.97. The molecule has 4 atom stereocenters. The van der Waals surface area contributed by atoms with E-state index in [0.29, 0.717) is 6.42 Å². The summed E-state index contributed by atoms with van der Waals surface area (Å²) in [5.41, 5.74) is 0.191. The van der Waals surface area contributed by atoms with Crippen molar-refractivity contribution < 1.29 is 15.0 Å². The number of fused-ring (bicyclic) bond motifs is 2. The van der Waals surface area contributed by atoms with Crippen molar-refractivity contribution in [2.45, 2.75) is 43.4 Å². The van der Waals surface area contributed by atoms with Crippen molar-refractivity contribution in [3.05, 3.63) is 18.0 Å². The van der Waals surface area contributed by atoms with Crippen molar-refractivity contribution >= 4 is 5.91 Å². The van der Waals surface area contributed by atoms with E-state index in [9.17, 15) is 15.0 Å². The van der Waals surface area contributed by atoms with Gasteiger partial charge in [-0.25, -0.2) is 0 Å². The molecule has 1 aromatic heterocycles. The van der Waals surface area contributed by atoms with E-state index in [4.69, 9.17) is 0 Å². The molecule has 0 radical (unpaired) electrons. The van der Waals surface area contributed by atoms with E-state index >= 15 is 0 Å². The minimum Gasteiger partial charge on any atom is -0.390 e. The molecular weight excluding hydrogens is 234 g/mol. The first kappa shape index (κ1) is 11.7. The summed E-state index contributed by atoms with van der Waals surface area (Å²) in [5.74, 6) is -0.0144. The summed E-state index contributed by atoms with van der Waals surface area (Å²) in [4.78, 5) is 12.0. The van der Waals surface area contributed by atoms with Gasteiger partial charge in [0.05, 0.1) is 24.3 Å². The maximum atomic E-state index is 12.0. The van der Waals surface area contributed by atoms with Gasteiger partial charge < -0.3 is 15.5 Å². The van der Waals surface area contributed by atoms with E-state index in [-0.39, 0.29) is 18.2 Å². The predicted octanol–water partition coefficient (Wildman–Crippen LogP) is -0.657. The number of hydrogen-bond acceptors (Lipinski definition) is 4. The highest BCUT2D eigenvalue weighted by Gasteiger charge is 2.57. The summed E-state index contributed by atoms with van der Waals surface area (Å²) in [7, 11) is 0. The van der Waals surface area contributed by atoms with Crippen LogP contribution in [0.1, 0.15) is 24.8 Å². The number of aliphatic hydroxyl groups excluding tert-OH is 2. The Labute approximate surface area is 104 Å². The van der Waals surface area contributed by atoms with Gasteiger partial charge in [-0.1, -0.05) is 0 Å². The topological polar surface area (TPSA) is 98.2 Å². The van der Waals surface area contributed by atoms with Gasteiger partial charge in [-0.2, -0.15) is 5.10 Å². The second-order valence-corrected chi connectivity index (χ2v) is 5.43. The van der Waals surface area contributed by atoms with Crippen LogP contribution in [0.4, 0.5) is 0 Å². The van der Waals surface area contributed by atoms with Crippen molar-refractivity contribution in [1.82, 2.24) is 15.5 Å². The molecule has 0 spiro atoms. The van der Waals surface area contributed by atoms with Gasteiger partial charge in [0.1, 0.15) is 6.10 Å². The van der Waals surface area contributed by atoms with Crippen molar-refractivity contribution in [1.29, 1.82) is 0 Å². The number of H-pyrrole nitrogens is 1. The van der Waals surface area contributed by atoms with E-state index < -0.39 is 17.7 Å². The molecule has 1 amide bonds. The standard InChI is InChI=1S/C12H17N3O3/c16-9(3-7-5-13-14-6-7)15-12-2-1-8(4-12)10(17)11(12)18/h5-6,8,10-11,17-18H,1-4H2,(H,13,14)(H,15,16)/t8?,10-,11-,12?/m0/s1. The maximum absolute atomic E-state index is 12.0. The summed E-state index contributed by atoms with van der Waals surface area (Å²) < 4.78 is 0. The fraction of sp³-hybridized carbons (Fsp3) is 0.667. The number of carbonyl (C=O) groups is 1. The Morgan fingerprint density at radius 2 is 2.44 bits per heavy atom. The second kappa shape index (κ2) is 4.07. The number of hydrogen-bond donors (Lipinski definition) is 4. The van der Waals surface area contributed by atoms with Crippen LogP contribution < -0.4 is 5.32 Å². The number of aromatic amines is 1. The van der Waals surface area contributed by atoms with E-state index in [1.165, 1.54) is 0 Å². The molecule has 1 heterocycles. The quantitative estimate of drug-likeness (QED) is 0.573. The van der Waals surface area contributed by atoms with Crippen LogP contribution in [0.3, 0.4) is 0 Å². The van der Waals surface area contributed by atoms with Gasteiger partial charge in [0, 0.05) is 6.20 Å². The smallest absolute Gasteiger partial charge is 0.225 e. The molecule has 2 aliphatic rings. The lowest BCUT2D eigenvalue weighted by Crippen LogP contribution is -2.56. The summed E-state index contributed by atoms with van der Waals surface area (Å²) >= 11 is 0. The molecule has 3 rings (SSSR count). The van der Waals surface area contributed by atoms with Crippen LogP contribution in [0.5, 0.6) is 0 Å². The highest BCUT2D eigenvalue weighted by Crippen LogP contribution is 2.47. The Bertz CT molecular complexity index is 447. The van der Waals surface area contributed by atoms with Crippen molar-refractivity contribution in [2.75, 3.05) is 0 Å². The van der Waals surface area contributed by atoms with E-state index in [1.54, 1.807) is 12.4 Å². The van der Waals surface area contributed by atoms with E-state index in [0.717, 1.165) is 18.4 Å². The van der Waals surface area contributed by atoms with Crippen LogP contribution >= 0.6 is 0 Å². The lowest BCUT2D eigenvalue weighted by Gasteiger charge is -2.34. The van der Waals surface area contributed by atoms with Gasteiger partial charge >= 0.3 is 0 Å². The molecule has 2 unspecified atom stereocenters. The lowest BCUT2D eigenvalue weighted by atomic mass is 9.88. The normalized spacial score (nSPS) is 38.0. The van der Waals surface area contributed by atoms with Crippen LogP contribution in [0.25, 0.3) is 0 Å². The second-order valence-electron chi connectivity index (χ2n) is 5.43. The van der Waals surface area contributed by atoms with Gasteiger partial charge in [0.25, 0.3) is 0 Å². The molecule has 0 aromatic carbocycles. The third-order valence-electron chi connectivity index (χ3n) is 4.27. The van der Waals surface area contributed by atoms with Crippen LogP contribution in [-0.2, 0) is 11.2 Å². The summed E-state index contributed by atoms with van der Waals surface area (Å²) in [6.07, 6.45) is 4.26. The fourth-order valence-electron chi connectivity index (χ4n) is 3.33. The average Bonchev–Trinajstić information content (AvgIpc) is 3.00. The SMILES string of the molecule is O=C(Cc1cn[nH]c1)NC12CCC(C1)[C@H](O)[C@@H]2O. The van der Waals surface area contributed by atoms with Gasteiger partial charge in [-0.15, -0.1) is 0 Å². The van der Waals surface area contributed by atoms with Crippen LogP contribution in [0.15, 0.2) is 12.4 Å². The molecule has 6 heteroatoms. The minimum absolute atomic E-state index is 0.120. The molecular formula is C12H17N3O3. The Morgan fingerprint density at radius 1 is 1.61 bits per heavy atom. The molecule has 0 aliphatic heterocycles. The third-order valence-corrected chi connectivity index (χ3v) is 4.27. The number of aromatic nitrogens is 2. The zero-order valence-electron chi connectivity index (χ0n) is 9.97. The van der Waals surface area contributed by atoms with Gasteiger partial charge in [-0.05, 0) is 30.7 Å². The highest BCUT2D eigenvalue weighted by molar-refractivity contribution is 5.79. The monoisotopic (exact) mass is 251 g/mol. The molecule has 6 nitrogen and oxygen atoms in total. The Morgan fingerprint density at radius 3 is 3.06 bits per heavy atom. The Balaban J connectivity index is 1.67. The number of rotatable bonds is 3. The van der Waals surface area contributed by atoms with Gasteiger partial charge in [-0.3, -0.25) is 9.89 Å². The third kappa shape index (κ3) is 1.72. The molecule has 4 N–H and O–H groups in total. The number of nitrogens with one attached hydrogen (secondary N) is 2. The van der Waals surface area contributed by atoms with Crippen LogP contribution in [0.2, 0.25) is 0 Å². The largest absolute Gasteiger partial charge is 0.390 e. The number of amides is 1. The van der Waals surface area contributed by atoms with Gasteiger partial charge in [0.15, 0.2) is 0 Å². The summed E-state index contributed by atoms with van der Waals surface area (Å²) in [5, 5.41) is 29.2. The predicted molar refractivity (Wildman–Crippen MR) is 62.5 cm³/mol. The maximum Gasteiger partial charge on any atom is 0.225 e. The Kier molecular flexibility index (Phi) is 2.64. The molecule has 2 fully saturated rings.